The van der Waals surface area contributed by atoms with E-state index in [1.807, 2.05) is 18.2 Å². The minimum Gasteiger partial charge on any atom is -0.326 e. The Morgan fingerprint density at radius 2 is 1.58 bits per heavy atom. The van der Waals surface area contributed by atoms with Crippen molar-refractivity contribution in [1.82, 2.24) is 0 Å². The number of benzene rings is 2. The number of nitrogens with two attached hydrogens (primary N) is 1. The van der Waals surface area contributed by atoms with Gasteiger partial charge in [0.05, 0.1) is 0 Å². The molecule has 0 aromatic heterocycles. The lowest BCUT2D eigenvalue weighted by Crippen LogP contribution is -1.99. The van der Waals surface area contributed by atoms with Crippen molar-refractivity contribution in [3.8, 4) is 11.1 Å². The molecular formula is C17H20ClN. The molecule has 0 atom stereocenters. The molecule has 0 spiro atoms. The van der Waals surface area contributed by atoms with Gasteiger partial charge >= 0.3 is 0 Å². The molecule has 2 aromatic carbocycles. The molecule has 0 radical (unpaired) electrons. The Morgan fingerprint density at radius 1 is 0.895 bits per heavy atom. The van der Waals surface area contributed by atoms with E-state index in [9.17, 15) is 0 Å². The zero-order chi connectivity index (χ0) is 13.8. The average Bonchev–Trinajstić information content (AvgIpc) is 2.46. The van der Waals surface area contributed by atoms with Crippen molar-refractivity contribution in [1.29, 1.82) is 0 Å². The second kappa shape index (κ2) is 6.23. The van der Waals surface area contributed by atoms with E-state index in [4.69, 9.17) is 17.3 Å². The summed E-state index contributed by atoms with van der Waals surface area (Å²) in [5, 5.41) is 0.754. The maximum atomic E-state index is 6.12. The number of rotatable bonds is 4. The molecule has 0 saturated heterocycles. The van der Waals surface area contributed by atoms with Crippen LogP contribution >= 0.6 is 11.6 Å². The first-order chi connectivity index (χ1) is 9.19. The lowest BCUT2D eigenvalue weighted by atomic mass is 9.94. The quantitative estimate of drug-likeness (QED) is 0.866. The van der Waals surface area contributed by atoms with Crippen molar-refractivity contribution < 1.29 is 0 Å². The van der Waals surface area contributed by atoms with Crippen molar-refractivity contribution in [2.24, 2.45) is 5.73 Å². The summed E-state index contributed by atoms with van der Waals surface area (Å²) in [5.74, 6) is 0. The van der Waals surface area contributed by atoms with Crippen molar-refractivity contribution in [3.63, 3.8) is 0 Å². The molecule has 0 bridgehead atoms. The monoisotopic (exact) mass is 273 g/mol. The maximum Gasteiger partial charge on any atom is 0.0412 e. The second-order valence-corrected chi connectivity index (χ2v) is 5.13. The van der Waals surface area contributed by atoms with Crippen LogP contribution in [-0.2, 0) is 19.4 Å². The fourth-order valence-electron chi connectivity index (χ4n) is 2.46. The van der Waals surface area contributed by atoms with Gasteiger partial charge in [0.25, 0.3) is 0 Å². The Hall–Kier alpha value is -1.31. The minimum atomic E-state index is 0.531. The predicted molar refractivity (Wildman–Crippen MR) is 83.5 cm³/mol. The molecule has 2 N–H and O–H groups in total. The Kier molecular flexibility index (Phi) is 4.62. The molecule has 1 nitrogen and oxygen atoms in total. The van der Waals surface area contributed by atoms with E-state index < -0.39 is 0 Å². The van der Waals surface area contributed by atoms with Crippen LogP contribution in [0, 0.1) is 0 Å². The van der Waals surface area contributed by atoms with E-state index in [0.29, 0.717) is 6.54 Å². The van der Waals surface area contributed by atoms with Gasteiger partial charge in [-0.05, 0) is 52.8 Å². The molecule has 0 aliphatic heterocycles. The van der Waals surface area contributed by atoms with Crippen LogP contribution in [0.15, 0.2) is 36.4 Å². The van der Waals surface area contributed by atoms with E-state index >= 15 is 0 Å². The minimum absolute atomic E-state index is 0.531. The predicted octanol–water partition coefficient (Wildman–Crippen LogP) is 4.59. The molecule has 2 aromatic rings. The van der Waals surface area contributed by atoms with Gasteiger partial charge in [0.1, 0.15) is 0 Å². The van der Waals surface area contributed by atoms with Crippen molar-refractivity contribution >= 4 is 11.6 Å². The highest BCUT2D eigenvalue weighted by atomic mass is 35.5. The highest BCUT2D eigenvalue weighted by Gasteiger charge is 2.07. The van der Waals surface area contributed by atoms with Crippen LogP contribution < -0.4 is 5.73 Å². The molecule has 0 aliphatic rings. The van der Waals surface area contributed by atoms with Gasteiger partial charge in [0, 0.05) is 11.6 Å². The van der Waals surface area contributed by atoms with Crippen LogP contribution in [0.1, 0.15) is 30.5 Å². The fourth-order valence-corrected chi connectivity index (χ4v) is 2.64. The lowest BCUT2D eigenvalue weighted by Gasteiger charge is -2.12. The molecule has 19 heavy (non-hydrogen) atoms. The van der Waals surface area contributed by atoms with Gasteiger partial charge in [-0.2, -0.15) is 0 Å². The highest BCUT2D eigenvalue weighted by molar-refractivity contribution is 6.30. The first kappa shape index (κ1) is 14.1. The summed E-state index contributed by atoms with van der Waals surface area (Å²) in [7, 11) is 0. The lowest BCUT2D eigenvalue weighted by molar-refractivity contribution is 1.04. The summed E-state index contributed by atoms with van der Waals surface area (Å²) in [6.07, 6.45) is 2.12. The zero-order valence-corrected chi connectivity index (χ0v) is 12.3. The summed E-state index contributed by atoms with van der Waals surface area (Å²) in [5.41, 5.74) is 12.1. The molecule has 0 heterocycles. The SMILES string of the molecule is CCc1ccc(-c2cc(Cl)ccc2CN)cc1CC. The molecule has 0 amide bonds. The van der Waals surface area contributed by atoms with Crippen LogP contribution in [0.2, 0.25) is 5.02 Å². The third-order valence-corrected chi connectivity index (χ3v) is 3.81. The van der Waals surface area contributed by atoms with E-state index in [-0.39, 0.29) is 0 Å². The van der Waals surface area contributed by atoms with Gasteiger partial charge in [-0.15, -0.1) is 0 Å². The first-order valence-corrected chi connectivity index (χ1v) is 7.18. The van der Waals surface area contributed by atoms with E-state index in [2.05, 4.69) is 32.0 Å². The van der Waals surface area contributed by atoms with Crippen molar-refractivity contribution in [3.05, 3.63) is 58.1 Å². The van der Waals surface area contributed by atoms with Crippen LogP contribution in [0.4, 0.5) is 0 Å². The molecule has 100 valence electrons. The first-order valence-electron chi connectivity index (χ1n) is 6.80. The maximum absolute atomic E-state index is 6.12. The standard InChI is InChI=1S/C17H20ClN/c1-3-12-5-6-14(9-13(12)4-2)17-10-16(18)8-7-15(17)11-19/h5-10H,3-4,11,19H2,1-2H3. The van der Waals surface area contributed by atoms with Gasteiger partial charge in [-0.3, -0.25) is 0 Å². The van der Waals surface area contributed by atoms with Crippen LogP contribution in [0.5, 0.6) is 0 Å². The average molecular weight is 274 g/mol. The molecule has 2 rings (SSSR count). The largest absolute Gasteiger partial charge is 0.326 e. The van der Waals surface area contributed by atoms with Crippen molar-refractivity contribution in [2.75, 3.05) is 0 Å². The Morgan fingerprint density at radius 3 is 2.21 bits per heavy atom. The highest BCUT2D eigenvalue weighted by Crippen LogP contribution is 2.29. The Bertz CT molecular complexity index is 575. The number of halogens is 1. The summed E-state index contributed by atoms with van der Waals surface area (Å²) in [6, 6.07) is 12.6. The van der Waals surface area contributed by atoms with Gasteiger partial charge < -0.3 is 5.73 Å². The van der Waals surface area contributed by atoms with Crippen LogP contribution in [-0.4, -0.2) is 0 Å². The van der Waals surface area contributed by atoms with Crippen LogP contribution in [0.3, 0.4) is 0 Å². The molecule has 0 fully saturated rings. The van der Waals surface area contributed by atoms with Crippen molar-refractivity contribution in [2.45, 2.75) is 33.2 Å². The Balaban J connectivity index is 2.55. The molecule has 0 saturated carbocycles. The molecule has 0 aliphatic carbocycles. The molecule has 2 heteroatoms. The summed E-state index contributed by atoms with van der Waals surface area (Å²) in [6.45, 7) is 4.92. The third-order valence-electron chi connectivity index (χ3n) is 3.57. The Labute approximate surface area is 120 Å². The number of aryl methyl sites for hydroxylation is 2. The third kappa shape index (κ3) is 2.99. The normalized spacial score (nSPS) is 10.7. The van der Waals surface area contributed by atoms with E-state index in [1.165, 1.54) is 16.7 Å². The van der Waals surface area contributed by atoms with Gasteiger partial charge in [-0.1, -0.05) is 49.7 Å². The number of hydrogen-bond donors (Lipinski definition) is 1. The van der Waals surface area contributed by atoms with E-state index in [0.717, 1.165) is 29.0 Å². The summed E-state index contributed by atoms with van der Waals surface area (Å²) >= 11 is 6.12. The smallest absolute Gasteiger partial charge is 0.0412 e. The van der Waals surface area contributed by atoms with Gasteiger partial charge in [-0.25, -0.2) is 0 Å². The van der Waals surface area contributed by atoms with Gasteiger partial charge in [0.2, 0.25) is 0 Å². The topological polar surface area (TPSA) is 26.0 Å². The fraction of sp³-hybridized carbons (Fsp3) is 0.294. The second-order valence-electron chi connectivity index (χ2n) is 4.70. The summed E-state index contributed by atoms with van der Waals surface area (Å²) in [4.78, 5) is 0. The molecular weight excluding hydrogens is 254 g/mol. The molecule has 0 unspecified atom stereocenters. The van der Waals surface area contributed by atoms with Gasteiger partial charge in [0.15, 0.2) is 0 Å². The van der Waals surface area contributed by atoms with Crippen LogP contribution in [0.25, 0.3) is 11.1 Å². The zero-order valence-electron chi connectivity index (χ0n) is 11.5. The number of hydrogen-bond acceptors (Lipinski definition) is 1. The van der Waals surface area contributed by atoms with E-state index in [1.54, 1.807) is 0 Å². The summed E-state index contributed by atoms with van der Waals surface area (Å²) < 4.78 is 0.